The maximum absolute atomic E-state index is 12.6. The molecule has 1 atom stereocenters. The number of nitrogens with one attached hydrogen (secondary N) is 1. The fourth-order valence-electron chi connectivity index (χ4n) is 3.58. The Labute approximate surface area is 192 Å². The predicted octanol–water partition coefficient (Wildman–Crippen LogP) is 3.88. The monoisotopic (exact) mass is 509 g/mol. The second-order valence-electron chi connectivity index (χ2n) is 7.07. The Kier molecular flexibility index (Phi) is 6.37. The van der Waals surface area contributed by atoms with Crippen LogP contribution in [0.3, 0.4) is 0 Å². The summed E-state index contributed by atoms with van der Waals surface area (Å²) in [5.41, 5.74) is 2.86. The van der Waals surface area contributed by atoms with E-state index in [0.29, 0.717) is 24.8 Å². The molecule has 0 bridgehead atoms. The Balaban J connectivity index is 1.40. The molecule has 3 heterocycles. The van der Waals surface area contributed by atoms with Gasteiger partial charge in [0.25, 0.3) is 0 Å². The molecule has 0 saturated carbocycles. The van der Waals surface area contributed by atoms with E-state index in [1.807, 2.05) is 31.2 Å². The van der Waals surface area contributed by atoms with Gasteiger partial charge < -0.3 is 24.6 Å². The molecule has 2 amide bonds. The van der Waals surface area contributed by atoms with Crippen LogP contribution in [0, 0.1) is 6.92 Å². The minimum Gasteiger partial charge on any atom is -0.399 e. The van der Waals surface area contributed by atoms with E-state index in [2.05, 4.69) is 26.1 Å². The summed E-state index contributed by atoms with van der Waals surface area (Å²) in [5.74, 6) is -0.0341. The molecular formula is C20H20BrN3O4S2. The van der Waals surface area contributed by atoms with E-state index >= 15 is 0 Å². The fourth-order valence-corrected chi connectivity index (χ4v) is 5.04. The summed E-state index contributed by atoms with van der Waals surface area (Å²) in [7, 11) is 0. The van der Waals surface area contributed by atoms with E-state index in [1.54, 1.807) is 11.0 Å². The van der Waals surface area contributed by atoms with Gasteiger partial charge in [-0.25, -0.2) is 4.79 Å². The number of thiophene rings is 1. The van der Waals surface area contributed by atoms with E-state index in [0.717, 1.165) is 32.3 Å². The Bertz CT molecular complexity index is 996. The van der Waals surface area contributed by atoms with Crippen LogP contribution in [0.15, 0.2) is 34.1 Å². The van der Waals surface area contributed by atoms with Crippen molar-refractivity contribution in [1.29, 1.82) is 0 Å². The van der Waals surface area contributed by atoms with Crippen molar-refractivity contribution in [3.05, 3.63) is 39.7 Å². The summed E-state index contributed by atoms with van der Waals surface area (Å²) >= 11 is 10.1. The average Bonchev–Trinajstić information content (AvgIpc) is 3.27. The number of halogens is 1. The standard InChI is InChI=1S/C20H20BrN3O4S2/c1-12-8-14(2-3-15(12)23-6-7-27-11-18(23)29)24-10-13(9-17(24)25)22-20(26)28-19-5-4-16(21)30-19/h2-5,8,13H,6-7,9-11H2,1H3,(H,22,26). The van der Waals surface area contributed by atoms with Crippen LogP contribution in [0.5, 0.6) is 5.06 Å². The molecule has 4 rings (SSSR count). The Morgan fingerprint density at radius 3 is 2.87 bits per heavy atom. The highest BCUT2D eigenvalue weighted by atomic mass is 79.9. The number of carbonyl (C=O) groups excluding carboxylic acids is 2. The van der Waals surface area contributed by atoms with Crippen molar-refractivity contribution >= 4 is 67.8 Å². The smallest absolute Gasteiger partial charge is 0.399 e. The van der Waals surface area contributed by atoms with E-state index in [1.165, 1.54) is 11.3 Å². The zero-order valence-corrected chi connectivity index (χ0v) is 19.4. The predicted molar refractivity (Wildman–Crippen MR) is 124 cm³/mol. The van der Waals surface area contributed by atoms with Gasteiger partial charge in [0.2, 0.25) is 5.91 Å². The number of amides is 2. The summed E-state index contributed by atoms with van der Waals surface area (Å²) in [6, 6.07) is 9.10. The maximum Gasteiger partial charge on any atom is 0.413 e. The van der Waals surface area contributed by atoms with Crippen LogP contribution >= 0.6 is 39.5 Å². The molecule has 7 nitrogen and oxygen atoms in total. The highest BCUT2D eigenvalue weighted by Gasteiger charge is 2.32. The van der Waals surface area contributed by atoms with Crippen LogP contribution < -0.4 is 19.9 Å². The SMILES string of the molecule is Cc1cc(N2CC(NC(=O)Oc3ccc(Br)s3)CC2=O)ccc1N1CCOCC1=S. The van der Waals surface area contributed by atoms with Crippen molar-refractivity contribution < 1.29 is 19.1 Å². The number of rotatable bonds is 4. The molecule has 1 N–H and O–H groups in total. The van der Waals surface area contributed by atoms with E-state index in [4.69, 9.17) is 21.7 Å². The van der Waals surface area contributed by atoms with E-state index in [-0.39, 0.29) is 18.4 Å². The van der Waals surface area contributed by atoms with Crippen LogP contribution in [-0.2, 0) is 9.53 Å². The topological polar surface area (TPSA) is 71.1 Å². The highest BCUT2D eigenvalue weighted by molar-refractivity contribution is 9.11. The summed E-state index contributed by atoms with van der Waals surface area (Å²) in [6.45, 7) is 4.21. The molecule has 1 aromatic heterocycles. The zero-order chi connectivity index (χ0) is 21.3. The molecule has 10 heteroatoms. The number of aryl methyl sites for hydroxylation is 1. The summed E-state index contributed by atoms with van der Waals surface area (Å²) < 4.78 is 11.5. The lowest BCUT2D eigenvalue weighted by molar-refractivity contribution is -0.117. The number of ether oxygens (including phenoxy) is 2. The van der Waals surface area contributed by atoms with Gasteiger partial charge in [-0.3, -0.25) is 4.79 Å². The molecule has 0 spiro atoms. The lowest BCUT2D eigenvalue weighted by Crippen LogP contribution is -2.41. The van der Waals surface area contributed by atoms with Gasteiger partial charge >= 0.3 is 6.09 Å². The third-order valence-electron chi connectivity index (χ3n) is 4.96. The summed E-state index contributed by atoms with van der Waals surface area (Å²) in [6.07, 6.45) is -0.325. The van der Waals surface area contributed by atoms with Gasteiger partial charge in [0.05, 0.1) is 23.0 Å². The molecule has 2 aliphatic rings. The number of hydrogen-bond acceptors (Lipinski definition) is 6. The number of morpholine rings is 1. The lowest BCUT2D eigenvalue weighted by atomic mass is 10.1. The second kappa shape index (κ2) is 9.01. The third-order valence-corrected chi connectivity index (χ3v) is 6.80. The average molecular weight is 510 g/mol. The number of nitrogens with zero attached hydrogens (tertiary/aromatic N) is 2. The van der Waals surface area contributed by atoms with Gasteiger partial charge in [-0.1, -0.05) is 23.6 Å². The van der Waals surface area contributed by atoms with Crippen LogP contribution in [0.2, 0.25) is 0 Å². The Morgan fingerprint density at radius 2 is 2.17 bits per heavy atom. The van der Waals surface area contributed by atoms with Crippen molar-refractivity contribution in [2.45, 2.75) is 19.4 Å². The molecule has 1 aromatic carbocycles. The molecule has 30 heavy (non-hydrogen) atoms. The van der Waals surface area contributed by atoms with Gasteiger partial charge in [-0.05, 0) is 58.7 Å². The normalized spacial score (nSPS) is 19.3. The molecule has 158 valence electrons. The quantitative estimate of drug-likeness (QED) is 0.630. The zero-order valence-electron chi connectivity index (χ0n) is 16.2. The highest BCUT2D eigenvalue weighted by Crippen LogP contribution is 2.30. The number of anilines is 2. The van der Waals surface area contributed by atoms with Crippen LogP contribution in [0.25, 0.3) is 0 Å². The molecule has 2 aromatic rings. The molecule has 0 aliphatic carbocycles. The molecule has 1 unspecified atom stereocenters. The van der Waals surface area contributed by atoms with Crippen molar-refractivity contribution in [1.82, 2.24) is 5.32 Å². The van der Waals surface area contributed by atoms with Crippen LogP contribution in [0.4, 0.5) is 16.2 Å². The van der Waals surface area contributed by atoms with Crippen molar-refractivity contribution in [2.75, 3.05) is 36.1 Å². The third kappa shape index (κ3) is 4.66. The first-order valence-electron chi connectivity index (χ1n) is 9.43. The molecule has 2 aliphatic heterocycles. The Morgan fingerprint density at radius 1 is 1.33 bits per heavy atom. The van der Waals surface area contributed by atoms with Gasteiger partial charge in [0.1, 0.15) is 4.99 Å². The molecule has 0 radical (unpaired) electrons. The van der Waals surface area contributed by atoms with Gasteiger partial charge in [0.15, 0.2) is 5.06 Å². The first-order chi connectivity index (χ1) is 14.4. The van der Waals surface area contributed by atoms with Crippen molar-refractivity contribution in [3.8, 4) is 5.06 Å². The number of benzene rings is 1. The van der Waals surface area contributed by atoms with E-state index in [9.17, 15) is 9.59 Å². The largest absolute Gasteiger partial charge is 0.413 e. The fraction of sp³-hybridized carbons (Fsp3) is 0.350. The first-order valence-corrected chi connectivity index (χ1v) is 11.5. The molecular weight excluding hydrogens is 490 g/mol. The summed E-state index contributed by atoms with van der Waals surface area (Å²) in [5, 5.41) is 3.27. The minimum absolute atomic E-state index is 0.0341. The first kappa shape index (κ1) is 21.2. The van der Waals surface area contributed by atoms with E-state index < -0.39 is 6.09 Å². The van der Waals surface area contributed by atoms with Gasteiger partial charge in [-0.2, -0.15) is 0 Å². The van der Waals surface area contributed by atoms with Crippen molar-refractivity contribution in [2.24, 2.45) is 0 Å². The number of carbonyl (C=O) groups is 2. The van der Waals surface area contributed by atoms with Gasteiger partial charge in [0, 0.05) is 30.9 Å². The molecule has 2 fully saturated rings. The lowest BCUT2D eigenvalue weighted by Gasteiger charge is -2.31. The Hall–Kier alpha value is -2.01. The molecule has 2 saturated heterocycles. The number of hydrogen-bond donors (Lipinski definition) is 1. The maximum atomic E-state index is 12.6. The van der Waals surface area contributed by atoms with Crippen molar-refractivity contribution in [3.63, 3.8) is 0 Å². The number of thiocarbonyl (C=S) groups is 1. The summed E-state index contributed by atoms with van der Waals surface area (Å²) in [4.78, 5) is 29.2. The van der Waals surface area contributed by atoms with Crippen LogP contribution in [-0.4, -0.2) is 49.3 Å². The van der Waals surface area contributed by atoms with Crippen LogP contribution in [0.1, 0.15) is 12.0 Å². The second-order valence-corrected chi connectivity index (χ2v) is 9.96. The minimum atomic E-state index is -0.559. The van der Waals surface area contributed by atoms with Gasteiger partial charge in [-0.15, -0.1) is 0 Å².